The molecule has 0 radical (unpaired) electrons. The third-order valence-electron chi connectivity index (χ3n) is 3.90. The summed E-state index contributed by atoms with van der Waals surface area (Å²) in [5, 5.41) is 2.97. The molecule has 6 nitrogen and oxygen atoms in total. The second-order valence-corrected chi connectivity index (χ2v) is 5.58. The minimum Gasteiger partial charge on any atom is -0.474 e. The van der Waals surface area contributed by atoms with Crippen LogP contribution in [0.15, 0.2) is 52.0 Å². The monoisotopic (exact) mass is 314 g/mol. The Hall–Kier alpha value is -2.63. The Bertz CT molecular complexity index is 686. The van der Waals surface area contributed by atoms with Crippen molar-refractivity contribution in [3.8, 4) is 5.88 Å². The van der Waals surface area contributed by atoms with Crippen molar-refractivity contribution in [2.45, 2.75) is 37.8 Å². The van der Waals surface area contributed by atoms with Crippen LogP contribution >= 0.6 is 0 Å². The van der Waals surface area contributed by atoms with E-state index in [-0.39, 0.29) is 18.1 Å². The van der Waals surface area contributed by atoms with E-state index in [0.29, 0.717) is 11.4 Å². The maximum atomic E-state index is 12.1. The lowest BCUT2D eigenvalue weighted by Crippen LogP contribution is -2.39. The first-order valence-corrected chi connectivity index (χ1v) is 7.68. The fourth-order valence-electron chi connectivity index (χ4n) is 2.67. The third-order valence-corrected chi connectivity index (χ3v) is 3.90. The second-order valence-electron chi connectivity index (χ2n) is 5.58. The van der Waals surface area contributed by atoms with E-state index in [1.807, 2.05) is 18.2 Å². The van der Waals surface area contributed by atoms with Gasteiger partial charge in [-0.25, -0.2) is 9.78 Å². The Kier molecular flexibility index (Phi) is 4.71. The Labute approximate surface area is 133 Å². The Balaban J connectivity index is 1.48. The zero-order chi connectivity index (χ0) is 16.1. The Morgan fingerprint density at radius 3 is 2.65 bits per heavy atom. The van der Waals surface area contributed by atoms with E-state index in [1.54, 1.807) is 6.20 Å². The van der Waals surface area contributed by atoms with Crippen LogP contribution in [0.1, 0.15) is 36.0 Å². The first-order chi connectivity index (χ1) is 11.2. The highest BCUT2D eigenvalue weighted by molar-refractivity contribution is 5.93. The first kappa shape index (κ1) is 15.3. The molecule has 2 aromatic heterocycles. The van der Waals surface area contributed by atoms with E-state index >= 15 is 0 Å². The lowest BCUT2D eigenvalue weighted by Gasteiger charge is -2.29. The van der Waals surface area contributed by atoms with Crippen LogP contribution in [0.2, 0.25) is 0 Å². The molecule has 0 unspecified atom stereocenters. The summed E-state index contributed by atoms with van der Waals surface area (Å²) in [6, 6.07) is 8.41. The standard InChI is InChI=1S/C17H18N2O4/c20-16-9-4-12(11-22-16)17(21)19-13-5-7-14(8-6-13)23-15-3-1-2-10-18-15/h1-4,9-11,13-14H,5-8H2,(H,19,21). The minimum absolute atomic E-state index is 0.109. The summed E-state index contributed by atoms with van der Waals surface area (Å²) in [5.74, 6) is 0.419. The number of pyridine rings is 1. The maximum absolute atomic E-state index is 12.1. The highest BCUT2D eigenvalue weighted by Crippen LogP contribution is 2.23. The van der Waals surface area contributed by atoms with Crippen LogP contribution in [-0.4, -0.2) is 23.0 Å². The average Bonchev–Trinajstić information content (AvgIpc) is 2.58. The zero-order valence-corrected chi connectivity index (χ0v) is 12.6. The summed E-state index contributed by atoms with van der Waals surface area (Å²) in [7, 11) is 0. The van der Waals surface area contributed by atoms with Crippen molar-refractivity contribution in [2.75, 3.05) is 0 Å². The van der Waals surface area contributed by atoms with Crippen molar-refractivity contribution in [3.63, 3.8) is 0 Å². The minimum atomic E-state index is -0.464. The normalized spacial score (nSPS) is 20.7. The number of aromatic nitrogens is 1. The summed E-state index contributed by atoms with van der Waals surface area (Å²) in [6.07, 6.45) is 6.46. The Morgan fingerprint density at radius 1 is 1.17 bits per heavy atom. The number of carbonyl (C=O) groups excluding carboxylic acids is 1. The van der Waals surface area contributed by atoms with Crippen molar-refractivity contribution in [2.24, 2.45) is 0 Å². The molecule has 0 aromatic carbocycles. The fraction of sp³-hybridized carbons (Fsp3) is 0.353. The molecule has 2 heterocycles. The lowest BCUT2D eigenvalue weighted by atomic mass is 9.93. The van der Waals surface area contributed by atoms with Gasteiger partial charge >= 0.3 is 5.63 Å². The van der Waals surface area contributed by atoms with Crippen molar-refractivity contribution >= 4 is 5.91 Å². The van der Waals surface area contributed by atoms with Crippen molar-refractivity contribution in [3.05, 3.63) is 58.8 Å². The predicted molar refractivity (Wildman–Crippen MR) is 83.4 cm³/mol. The van der Waals surface area contributed by atoms with E-state index in [1.165, 1.54) is 18.4 Å². The lowest BCUT2D eigenvalue weighted by molar-refractivity contribution is 0.0888. The van der Waals surface area contributed by atoms with Gasteiger partial charge < -0.3 is 14.5 Å². The molecule has 0 aliphatic heterocycles. The van der Waals surface area contributed by atoms with Gasteiger partial charge in [0, 0.05) is 24.4 Å². The van der Waals surface area contributed by atoms with Gasteiger partial charge in [0.1, 0.15) is 12.4 Å². The zero-order valence-electron chi connectivity index (χ0n) is 12.6. The first-order valence-electron chi connectivity index (χ1n) is 7.68. The van der Waals surface area contributed by atoms with Crippen molar-refractivity contribution in [1.29, 1.82) is 0 Å². The van der Waals surface area contributed by atoms with Gasteiger partial charge in [-0.1, -0.05) is 6.07 Å². The topological polar surface area (TPSA) is 81.4 Å². The van der Waals surface area contributed by atoms with E-state index in [4.69, 9.17) is 9.15 Å². The largest absolute Gasteiger partial charge is 0.474 e. The van der Waals surface area contributed by atoms with Gasteiger partial charge in [0.25, 0.3) is 5.91 Å². The van der Waals surface area contributed by atoms with Crippen LogP contribution in [0.5, 0.6) is 5.88 Å². The summed E-state index contributed by atoms with van der Waals surface area (Å²) in [5.41, 5.74) is -0.106. The third kappa shape index (κ3) is 4.18. The molecule has 6 heteroatoms. The smallest absolute Gasteiger partial charge is 0.335 e. The molecule has 1 aliphatic rings. The van der Waals surface area contributed by atoms with E-state index in [0.717, 1.165) is 25.7 Å². The molecule has 1 saturated carbocycles. The van der Waals surface area contributed by atoms with Gasteiger partial charge in [-0.3, -0.25) is 4.79 Å². The SMILES string of the molecule is O=C(NC1CCC(Oc2ccccn2)CC1)c1ccc(=O)oc1. The predicted octanol–water partition coefficient (Wildman–Crippen LogP) is 2.15. The van der Waals surface area contributed by atoms with E-state index in [9.17, 15) is 9.59 Å². The number of nitrogens with zero attached hydrogens (tertiary/aromatic N) is 1. The van der Waals surface area contributed by atoms with Crippen LogP contribution in [0, 0.1) is 0 Å². The van der Waals surface area contributed by atoms with Crippen LogP contribution < -0.4 is 15.7 Å². The summed E-state index contributed by atoms with van der Waals surface area (Å²) in [4.78, 5) is 27.1. The number of nitrogens with one attached hydrogen (secondary N) is 1. The van der Waals surface area contributed by atoms with Gasteiger partial charge in [-0.2, -0.15) is 0 Å². The molecule has 1 N–H and O–H groups in total. The quantitative estimate of drug-likeness (QED) is 0.935. The maximum Gasteiger partial charge on any atom is 0.335 e. The fourth-order valence-corrected chi connectivity index (χ4v) is 2.67. The number of hydrogen-bond acceptors (Lipinski definition) is 5. The van der Waals surface area contributed by atoms with Crippen molar-refractivity contribution < 1.29 is 13.9 Å². The van der Waals surface area contributed by atoms with Gasteiger partial charge in [-0.05, 0) is 37.8 Å². The summed E-state index contributed by atoms with van der Waals surface area (Å²) in [6.45, 7) is 0. The number of hydrogen-bond donors (Lipinski definition) is 1. The molecule has 1 aliphatic carbocycles. The summed E-state index contributed by atoms with van der Waals surface area (Å²) >= 11 is 0. The molecule has 0 spiro atoms. The van der Waals surface area contributed by atoms with Crippen LogP contribution in [0.25, 0.3) is 0 Å². The highest BCUT2D eigenvalue weighted by atomic mass is 16.5. The average molecular weight is 314 g/mol. The molecule has 0 atom stereocenters. The highest BCUT2D eigenvalue weighted by Gasteiger charge is 2.24. The number of ether oxygens (including phenoxy) is 1. The van der Waals surface area contributed by atoms with E-state index in [2.05, 4.69) is 10.3 Å². The number of rotatable bonds is 4. The van der Waals surface area contributed by atoms with Gasteiger partial charge in [0.15, 0.2) is 0 Å². The molecule has 1 amide bonds. The van der Waals surface area contributed by atoms with Crippen LogP contribution in [0.3, 0.4) is 0 Å². The van der Waals surface area contributed by atoms with Crippen molar-refractivity contribution in [1.82, 2.24) is 10.3 Å². The van der Waals surface area contributed by atoms with Crippen LogP contribution in [0.4, 0.5) is 0 Å². The Morgan fingerprint density at radius 2 is 2.00 bits per heavy atom. The molecule has 3 rings (SSSR count). The molecule has 1 fully saturated rings. The molecule has 0 saturated heterocycles. The van der Waals surface area contributed by atoms with Gasteiger partial charge in [0.05, 0.1) is 5.56 Å². The second kappa shape index (κ2) is 7.09. The number of carbonyl (C=O) groups is 1. The summed E-state index contributed by atoms with van der Waals surface area (Å²) < 4.78 is 10.5. The number of amides is 1. The molecule has 120 valence electrons. The van der Waals surface area contributed by atoms with Gasteiger partial charge in [-0.15, -0.1) is 0 Å². The van der Waals surface area contributed by atoms with Crippen LogP contribution in [-0.2, 0) is 0 Å². The molecular weight excluding hydrogens is 296 g/mol. The molecule has 23 heavy (non-hydrogen) atoms. The molecule has 0 bridgehead atoms. The molecular formula is C17H18N2O4. The van der Waals surface area contributed by atoms with Gasteiger partial charge in [0.2, 0.25) is 5.88 Å². The molecule has 2 aromatic rings. The van der Waals surface area contributed by atoms with E-state index < -0.39 is 5.63 Å².